The van der Waals surface area contributed by atoms with Gasteiger partial charge in [-0.25, -0.2) is 0 Å². The van der Waals surface area contributed by atoms with E-state index in [1.807, 2.05) is 35.9 Å². The summed E-state index contributed by atoms with van der Waals surface area (Å²) in [7, 11) is 1.91. The maximum Gasteiger partial charge on any atom is 0.191 e. The van der Waals surface area contributed by atoms with Crippen LogP contribution < -0.4 is 0 Å². The molecule has 1 aromatic heterocycles. The molecule has 1 heterocycles. The van der Waals surface area contributed by atoms with Gasteiger partial charge in [-0.1, -0.05) is 41.9 Å². The first-order valence-electron chi connectivity index (χ1n) is 7.00. The Balaban J connectivity index is 1.86. The van der Waals surface area contributed by atoms with Crippen molar-refractivity contribution in [3.8, 4) is 11.4 Å². The van der Waals surface area contributed by atoms with Crippen LogP contribution in [0.15, 0.2) is 29.4 Å². The van der Waals surface area contributed by atoms with E-state index in [1.54, 1.807) is 0 Å². The maximum atomic E-state index is 11.9. The number of hydrogen-bond acceptors (Lipinski definition) is 4. The number of ketones is 1. The third-order valence-electron chi connectivity index (χ3n) is 3.70. The highest BCUT2D eigenvalue weighted by molar-refractivity contribution is 8.00. The van der Waals surface area contributed by atoms with Crippen molar-refractivity contribution < 1.29 is 4.79 Å². The highest BCUT2D eigenvalue weighted by Crippen LogP contribution is 2.33. The monoisotopic (exact) mass is 321 g/mol. The normalized spacial score (nSPS) is 19.0. The molecular formula is C15H16ClN3OS. The van der Waals surface area contributed by atoms with E-state index in [0.717, 1.165) is 35.8 Å². The van der Waals surface area contributed by atoms with Crippen molar-refractivity contribution >= 4 is 29.1 Å². The maximum absolute atomic E-state index is 11.9. The SMILES string of the molecule is Cn1c(S[C@@H]2CCCCC2=O)nnc1-c1ccccc1Cl. The van der Waals surface area contributed by atoms with E-state index in [9.17, 15) is 4.79 Å². The van der Waals surface area contributed by atoms with Gasteiger partial charge < -0.3 is 4.57 Å². The lowest BCUT2D eigenvalue weighted by atomic mass is 9.99. The van der Waals surface area contributed by atoms with Gasteiger partial charge in [0.05, 0.1) is 10.3 Å². The van der Waals surface area contributed by atoms with Crippen molar-refractivity contribution in [2.75, 3.05) is 0 Å². The Hall–Kier alpha value is -1.33. The number of carbonyl (C=O) groups excluding carboxylic acids is 1. The van der Waals surface area contributed by atoms with E-state index in [2.05, 4.69) is 10.2 Å². The van der Waals surface area contributed by atoms with Crippen LogP contribution in [0.5, 0.6) is 0 Å². The molecule has 2 aromatic rings. The summed E-state index contributed by atoms with van der Waals surface area (Å²) in [6, 6.07) is 7.57. The topological polar surface area (TPSA) is 47.8 Å². The molecule has 0 amide bonds. The van der Waals surface area contributed by atoms with E-state index in [4.69, 9.17) is 11.6 Å². The van der Waals surface area contributed by atoms with Gasteiger partial charge in [0, 0.05) is 19.0 Å². The molecule has 0 bridgehead atoms. The third-order valence-corrected chi connectivity index (χ3v) is 5.37. The first-order chi connectivity index (χ1) is 10.2. The van der Waals surface area contributed by atoms with E-state index in [1.165, 1.54) is 11.8 Å². The van der Waals surface area contributed by atoms with Gasteiger partial charge >= 0.3 is 0 Å². The molecule has 0 radical (unpaired) electrons. The van der Waals surface area contributed by atoms with E-state index in [0.29, 0.717) is 17.2 Å². The fraction of sp³-hybridized carbons (Fsp3) is 0.400. The van der Waals surface area contributed by atoms with E-state index in [-0.39, 0.29) is 5.25 Å². The Morgan fingerprint density at radius 3 is 2.86 bits per heavy atom. The Morgan fingerprint density at radius 2 is 2.10 bits per heavy atom. The van der Waals surface area contributed by atoms with Gasteiger partial charge in [0.2, 0.25) is 0 Å². The molecular weight excluding hydrogens is 306 g/mol. The number of aromatic nitrogens is 3. The molecule has 4 nitrogen and oxygen atoms in total. The lowest BCUT2D eigenvalue weighted by Gasteiger charge is -2.19. The summed E-state index contributed by atoms with van der Waals surface area (Å²) in [6.45, 7) is 0. The summed E-state index contributed by atoms with van der Waals surface area (Å²) in [5, 5.41) is 9.89. The first-order valence-corrected chi connectivity index (χ1v) is 8.26. The lowest BCUT2D eigenvalue weighted by Crippen LogP contribution is -2.21. The molecule has 1 aliphatic carbocycles. The van der Waals surface area contributed by atoms with Crippen LogP contribution in [-0.2, 0) is 11.8 Å². The second kappa shape index (κ2) is 6.20. The van der Waals surface area contributed by atoms with Gasteiger partial charge in [0.15, 0.2) is 11.0 Å². The second-order valence-electron chi connectivity index (χ2n) is 5.16. The number of hydrogen-bond donors (Lipinski definition) is 0. The molecule has 0 unspecified atom stereocenters. The molecule has 1 aromatic carbocycles. The lowest BCUT2D eigenvalue weighted by molar-refractivity contribution is -0.119. The average Bonchev–Trinajstić information content (AvgIpc) is 2.83. The van der Waals surface area contributed by atoms with Gasteiger partial charge in [-0.3, -0.25) is 4.79 Å². The Labute approximate surface area is 132 Å². The highest BCUT2D eigenvalue weighted by Gasteiger charge is 2.25. The van der Waals surface area contributed by atoms with Crippen LogP contribution in [0, 0.1) is 0 Å². The van der Waals surface area contributed by atoms with Crippen molar-refractivity contribution in [1.29, 1.82) is 0 Å². The number of Topliss-reactive ketones (excluding diaryl/α,β-unsaturated/α-hetero) is 1. The number of nitrogens with zero attached hydrogens (tertiary/aromatic N) is 3. The summed E-state index contributed by atoms with van der Waals surface area (Å²) in [5.41, 5.74) is 0.857. The van der Waals surface area contributed by atoms with E-state index < -0.39 is 0 Å². The second-order valence-corrected chi connectivity index (χ2v) is 6.74. The van der Waals surface area contributed by atoms with Crippen LogP contribution in [0.25, 0.3) is 11.4 Å². The summed E-state index contributed by atoms with van der Waals surface area (Å²) >= 11 is 7.73. The molecule has 0 N–H and O–H groups in total. The van der Waals surface area contributed by atoms with Crippen LogP contribution in [0.1, 0.15) is 25.7 Å². The first kappa shape index (κ1) is 14.6. The quantitative estimate of drug-likeness (QED) is 0.864. The van der Waals surface area contributed by atoms with Crippen LogP contribution in [-0.4, -0.2) is 25.8 Å². The molecule has 0 spiro atoms. The van der Waals surface area contributed by atoms with Gasteiger partial charge in [-0.15, -0.1) is 10.2 Å². The average molecular weight is 322 g/mol. The molecule has 21 heavy (non-hydrogen) atoms. The van der Waals surface area contributed by atoms with Crippen LogP contribution in [0.2, 0.25) is 5.02 Å². The van der Waals surface area contributed by atoms with Gasteiger partial charge in [0.25, 0.3) is 0 Å². The predicted octanol–water partition coefficient (Wildman–Crippen LogP) is 3.74. The summed E-state index contributed by atoms with van der Waals surface area (Å²) < 4.78 is 1.91. The smallest absolute Gasteiger partial charge is 0.191 e. The van der Waals surface area contributed by atoms with Crippen LogP contribution in [0.4, 0.5) is 0 Å². The zero-order chi connectivity index (χ0) is 14.8. The molecule has 3 rings (SSSR count). The minimum Gasteiger partial charge on any atom is -0.305 e. The van der Waals surface area contributed by atoms with Crippen molar-refractivity contribution in [3.63, 3.8) is 0 Å². The summed E-state index contributed by atoms with van der Waals surface area (Å²) in [6.07, 6.45) is 3.74. The Bertz CT molecular complexity index is 671. The molecule has 110 valence electrons. The summed E-state index contributed by atoms with van der Waals surface area (Å²) in [4.78, 5) is 11.9. The number of halogens is 1. The number of carbonyl (C=O) groups is 1. The zero-order valence-corrected chi connectivity index (χ0v) is 13.3. The number of benzene rings is 1. The third kappa shape index (κ3) is 2.99. The molecule has 6 heteroatoms. The Morgan fingerprint density at radius 1 is 1.29 bits per heavy atom. The summed E-state index contributed by atoms with van der Waals surface area (Å²) in [5.74, 6) is 1.06. The fourth-order valence-corrected chi connectivity index (χ4v) is 3.84. The molecule has 1 fully saturated rings. The van der Waals surface area contributed by atoms with Crippen molar-refractivity contribution in [2.45, 2.75) is 36.1 Å². The van der Waals surface area contributed by atoms with Gasteiger partial charge in [0.1, 0.15) is 5.78 Å². The zero-order valence-electron chi connectivity index (χ0n) is 11.8. The van der Waals surface area contributed by atoms with Crippen molar-refractivity contribution in [3.05, 3.63) is 29.3 Å². The van der Waals surface area contributed by atoms with Crippen molar-refractivity contribution in [1.82, 2.24) is 14.8 Å². The predicted molar refractivity (Wildman–Crippen MR) is 84.6 cm³/mol. The minimum atomic E-state index is 0.0146. The van der Waals surface area contributed by atoms with Crippen LogP contribution >= 0.6 is 23.4 Å². The van der Waals surface area contributed by atoms with E-state index >= 15 is 0 Å². The standard InChI is InChI=1S/C15H16ClN3OS/c1-19-14(10-6-2-3-7-11(10)16)17-18-15(19)21-13-9-5-4-8-12(13)20/h2-3,6-7,13H,4-5,8-9H2,1H3/t13-/m1/s1. The number of rotatable bonds is 3. The molecule has 0 saturated heterocycles. The highest BCUT2D eigenvalue weighted by atomic mass is 35.5. The molecule has 0 aliphatic heterocycles. The van der Waals surface area contributed by atoms with Crippen LogP contribution in [0.3, 0.4) is 0 Å². The Kier molecular flexibility index (Phi) is 4.31. The molecule has 1 aliphatic rings. The number of thioether (sulfide) groups is 1. The molecule has 1 atom stereocenters. The fourth-order valence-electron chi connectivity index (χ4n) is 2.50. The van der Waals surface area contributed by atoms with Crippen molar-refractivity contribution in [2.24, 2.45) is 7.05 Å². The largest absolute Gasteiger partial charge is 0.305 e. The minimum absolute atomic E-state index is 0.0146. The van der Waals surface area contributed by atoms with Gasteiger partial charge in [-0.2, -0.15) is 0 Å². The van der Waals surface area contributed by atoms with Gasteiger partial charge in [-0.05, 0) is 25.0 Å². The molecule has 1 saturated carbocycles.